The van der Waals surface area contributed by atoms with Gasteiger partial charge >= 0.3 is 0 Å². The Morgan fingerprint density at radius 3 is 2.29 bits per heavy atom. The highest BCUT2D eigenvalue weighted by molar-refractivity contribution is 7.89. The molecule has 0 bridgehead atoms. The molecule has 2 aromatic carbocycles. The molecule has 0 spiro atoms. The summed E-state index contributed by atoms with van der Waals surface area (Å²) in [7, 11) is -3.92. The van der Waals surface area contributed by atoms with Crippen LogP contribution in [0.5, 0.6) is 0 Å². The number of benzene rings is 2. The Morgan fingerprint density at radius 2 is 1.67 bits per heavy atom. The van der Waals surface area contributed by atoms with E-state index in [4.69, 9.17) is 11.6 Å². The monoisotopic (exact) mass is 324 g/mol. The van der Waals surface area contributed by atoms with Gasteiger partial charge in [0, 0.05) is 5.56 Å². The van der Waals surface area contributed by atoms with E-state index in [1.807, 2.05) is 11.8 Å². The number of rotatable bonds is 4. The molecular formula is C14H13ClN2O3S. The van der Waals surface area contributed by atoms with Crippen LogP contribution in [0.3, 0.4) is 0 Å². The van der Waals surface area contributed by atoms with E-state index in [9.17, 15) is 13.2 Å². The zero-order valence-corrected chi connectivity index (χ0v) is 12.7. The summed E-state index contributed by atoms with van der Waals surface area (Å²) in [6.45, 7) is 1.89. The van der Waals surface area contributed by atoms with E-state index >= 15 is 0 Å². The Bertz CT molecular complexity index is 758. The van der Waals surface area contributed by atoms with E-state index in [1.54, 1.807) is 36.4 Å². The second-order valence-corrected chi connectivity index (χ2v) is 6.41. The second-order valence-electron chi connectivity index (χ2n) is 4.36. The summed E-state index contributed by atoms with van der Waals surface area (Å²) in [6, 6.07) is 12.7. The van der Waals surface area contributed by atoms with Crippen molar-refractivity contribution in [1.29, 1.82) is 0 Å². The molecule has 0 fully saturated rings. The Morgan fingerprint density at radius 1 is 1.05 bits per heavy atom. The van der Waals surface area contributed by atoms with E-state index < -0.39 is 15.9 Å². The van der Waals surface area contributed by atoms with Crippen LogP contribution >= 0.6 is 11.6 Å². The molecule has 0 aromatic heterocycles. The minimum Gasteiger partial charge on any atom is -0.273 e. The van der Waals surface area contributed by atoms with Crippen molar-refractivity contribution in [3.05, 3.63) is 64.7 Å². The first-order chi connectivity index (χ1) is 9.90. The van der Waals surface area contributed by atoms with Gasteiger partial charge in [0.15, 0.2) is 0 Å². The molecule has 5 nitrogen and oxygen atoms in total. The number of hydrazine groups is 1. The maximum Gasteiger partial charge on any atom is 0.266 e. The van der Waals surface area contributed by atoms with E-state index in [2.05, 4.69) is 5.43 Å². The largest absolute Gasteiger partial charge is 0.273 e. The molecule has 2 aromatic rings. The number of hydrogen-bond acceptors (Lipinski definition) is 3. The number of halogens is 1. The first-order valence-corrected chi connectivity index (χ1v) is 7.89. The number of hydrogen-bond donors (Lipinski definition) is 2. The van der Waals surface area contributed by atoms with Gasteiger partial charge in [0.25, 0.3) is 15.9 Å². The molecule has 1 amide bonds. The Hall–Kier alpha value is -1.89. The quantitative estimate of drug-likeness (QED) is 0.847. The average Bonchev–Trinajstić information content (AvgIpc) is 2.46. The number of nitrogens with one attached hydrogen (secondary N) is 2. The lowest BCUT2D eigenvalue weighted by atomic mass is 10.1. The summed E-state index contributed by atoms with van der Waals surface area (Å²) in [4.78, 5) is 13.8. The summed E-state index contributed by atoms with van der Waals surface area (Å²) in [5.41, 5.74) is 3.50. The zero-order valence-electron chi connectivity index (χ0n) is 11.1. The van der Waals surface area contributed by atoms with Gasteiger partial charge in [-0.05, 0) is 31.2 Å². The van der Waals surface area contributed by atoms with Gasteiger partial charge in [0.1, 0.15) is 4.90 Å². The molecule has 110 valence electrons. The molecule has 2 rings (SSSR count). The zero-order chi connectivity index (χ0) is 15.5. The van der Waals surface area contributed by atoms with Gasteiger partial charge in [0.05, 0.1) is 5.02 Å². The van der Waals surface area contributed by atoms with E-state index in [0.717, 1.165) is 5.56 Å². The molecule has 0 aliphatic heterocycles. The minimum absolute atomic E-state index is 0.0783. The van der Waals surface area contributed by atoms with Gasteiger partial charge in [-0.1, -0.05) is 41.4 Å². The van der Waals surface area contributed by atoms with Crippen molar-refractivity contribution in [2.75, 3.05) is 0 Å². The highest BCUT2D eigenvalue weighted by Crippen LogP contribution is 2.19. The lowest BCUT2D eigenvalue weighted by Crippen LogP contribution is -2.41. The van der Waals surface area contributed by atoms with E-state index in [1.165, 1.54) is 12.1 Å². The van der Waals surface area contributed by atoms with Gasteiger partial charge in [-0.15, -0.1) is 4.83 Å². The van der Waals surface area contributed by atoms with Crippen molar-refractivity contribution >= 4 is 27.5 Å². The highest BCUT2D eigenvalue weighted by Gasteiger charge is 2.18. The summed E-state index contributed by atoms with van der Waals surface area (Å²) in [5, 5.41) is 0.0783. The van der Waals surface area contributed by atoms with Crippen molar-refractivity contribution in [3.63, 3.8) is 0 Å². The summed E-state index contributed by atoms with van der Waals surface area (Å²) < 4.78 is 24.1. The standard InChI is InChI=1S/C14H13ClN2O3S/c1-10-6-8-11(9-7-10)14(18)16-17-21(19,20)13-5-3-2-4-12(13)15/h2-9,17H,1H3,(H,16,18). The Labute approximate surface area is 128 Å². The Kier molecular flexibility index (Phi) is 4.62. The molecule has 7 heteroatoms. The Balaban J connectivity index is 2.10. The van der Waals surface area contributed by atoms with Gasteiger partial charge in [-0.2, -0.15) is 0 Å². The number of carbonyl (C=O) groups excluding carboxylic acids is 1. The second kappa shape index (κ2) is 6.26. The number of sulfonamides is 1. The van der Waals surface area contributed by atoms with Crippen LogP contribution in [-0.2, 0) is 10.0 Å². The highest BCUT2D eigenvalue weighted by atomic mass is 35.5. The van der Waals surface area contributed by atoms with Gasteiger partial charge in [-0.3, -0.25) is 10.2 Å². The van der Waals surface area contributed by atoms with Crippen LogP contribution in [-0.4, -0.2) is 14.3 Å². The van der Waals surface area contributed by atoms with Crippen molar-refractivity contribution in [2.24, 2.45) is 0 Å². The van der Waals surface area contributed by atoms with Crippen LogP contribution in [0.1, 0.15) is 15.9 Å². The van der Waals surface area contributed by atoms with Crippen molar-refractivity contribution in [1.82, 2.24) is 10.3 Å². The molecule has 0 radical (unpaired) electrons. The molecule has 0 heterocycles. The fraction of sp³-hybridized carbons (Fsp3) is 0.0714. The average molecular weight is 325 g/mol. The maximum absolute atomic E-state index is 12.0. The minimum atomic E-state index is -3.92. The third-order valence-corrected chi connectivity index (χ3v) is 4.49. The lowest BCUT2D eigenvalue weighted by Gasteiger charge is -2.09. The van der Waals surface area contributed by atoms with Gasteiger partial charge in [0.2, 0.25) is 0 Å². The number of aryl methyl sites for hydroxylation is 1. The smallest absolute Gasteiger partial charge is 0.266 e. The molecule has 0 unspecified atom stereocenters. The predicted molar refractivity (Wildman–Crippen MR) is 80.4 cm³/mol. The third kappa shape index (κ3) is 3.81. The van der Waals surface area contributed by atoms with Gasteiger partial charge < -0.3 is 0 Å². The molecule has 0 saturated carbocycles. The third-order valence-electron chi connectivity index (χ3n) is 2.74. The predicted octanol–water partition coefficient (Wildman–Crippen LogP) is 2.27. The van der Waals surface area contributed by atoms with Crippen LogP contribution in [0, 0.1) is 6.92 Å². The SMILES string of the molecule is Cc1ccc(C(=O)NNS(=O)(=O)c2ccccc2Cl)cc1. The summed E-state index contributed by atoms with van der Waals surface area (Å²) in [5.74, 6) is -0.550. The van der Waals surface area contributed by atoms with Crippen molar-refractivity contribution < 1.29 is 13.2 Å². The molecule has 0 saturated heterocycles. The fourth-order valence-corrected chi connectivity index (χ4v) is 2.97. The molecule has 0 aliphatic carbocycles. The molecule has 0 atom stereocenters. The lowest BCUT2D eigenvalue weighted by molar-refractivity contribution is 0.0945. The first kappa shape index (κ1) is 15.5. The van der Waals surface area contributed by atoms with Crippen LogP contribution < -0.4 is 10.3 Å². The van der Waals surface area contributed by atoms with Gasteiger partial charge in [-0.25, -0.2) is 8.42 Å². The molecular weight excluding hydrogens is 312 g/mol. The molecule has 0 aliphatic rings. The van der Waals surface area contributed by atoms with Crippen LogP contribution in [0.4, 0.5) is 0 Å². The first-order valence-electron chi connectivity index (χ1n) is 6.03. The van der Waals surface area contributed by atoms with Crippen molar-refractivity contribution in [2.45, 2.75) is 11.8 Å². The summed E-state index contributed by atoms with van der Waals surface area (Å²) in [6.07, 6.45) is 0. The van der Waals surface area contributed by atoms with E-state index in [-0.39, 0.29) is 9.92 Å². The van der Waals surface area contributed by atoms with Crippen molar-refractivity contribution in [3.8, 4) is 0 Å². The van der Waals surface area contributed by atoms with Crippen LogP contribution in [0.25, 0.3) is 0 Å². The fourth-order valence-electron chi connectivity index (χ4n) is 1.61. The maximum atomic E-state index is 12.0. The van der Waals surface area contributed by atoms with Crippen LogP contribution in [0.15, 0.2) is 53.4 Å². The molecule has 21 heavy (non-hydrogen) atoms. The number of amides is 1. The summed E-state index contributed by atoms with van der Waals surface area (Å²) >= 11 is 5.83. The normalized spacial score (nSPS) is 11.1. The number of carbonyl (C=O) groups is 1. The van der Waals surface area contributed by atoms with Crippen LogP contribution in [0.2, 0.25) is 5.02 Å². The topological polar surface area (TPSA) is 75.3 Å². The molecule has 2 N–H and O–H groups in total. The van der Waals surface area contributed by atoms with E-state index in [0.29, 0.717) is 5.56 Å².